The Balaban J connectivity index is 2.85. The van der Waals surface area contributed by atoms with Crippen LogP contribution in [0.3, 0.4) is 0 Å². The number of H-pyrrole nitrogens is 1. The van der Waals surface area contributed by atoms with Crippen LogP contribution in [0.5, 0.6) is 0 Å². The van der Waals surface area contributed by atoms with E-state index in [-0.39, 0.29) is 6.54 Å². The molecule has 0 amide bonds. The lowest BCUT2D eigenvalue weighted by molar-refractivity contribution is 0.524. The Kier molecular flexibility index (Phi) is 5.08. The third-order valence-corrected chi connectivity index (χ3v) is 3.02. The quantitative estimate of drug-likeness (QED) is 0.649. The van der Waals surface area contributed by atoms with Gasteiger partial charge in [0.2, 0.25) is 5.82 Å². The van der Waals surface area contributed by atoms with Gasteiger partial charge in [0.25, 0.3) is 5.56 Å². The zero-order valence-electron chi connectivity index (χ0n) is 8.76. The van der Waals surface area contributed by atoms with Crippen LogP contribution in [0.2, 0.25) is 5.15 Å². The van der Waals surface area contributed by atoms with Crippen molar-refractivity contribution in [1.29, 1.82) is 0 Å². The molecule has 0 saturated carbocycles. The number of thioether (sulfide) groups is 1. The highest BCUT2D eigenvalue weighted by atomic mass is 35.5. The molecule has 0 fully saturated rings. The first kappa shape index (κ1) is 13.3. The fourth-order valence-corrected chi connectivity index (χ4v) is 1.89. The van der Waals surface area contributed by atoms with Gasteiger partial charge in [-0.2, -0.15) is 16.2 Å². The molecule has 0 aliphatic rings. The highest BCUT2D eigenvalue weighted by Gasteiger charge is 2.11. The molecule has 1 N–H and O–H groups in total. The van der Waals surface area contributed by atoms with Gasteiger partial charge in [0.15, 0.2) is 5.15 Å². The second-order valence-electron chi connectivity index (χ2n) is 3.21. The number of unbranched alkanes of at least 4 members (excludes halogenated alkanes) is 1. The van der Waals surface area contributed by atoms with Crippen LogP contribution in [0.4, 0.5) is 4.39 Å². The summed E-state index contributed by atoms with van der Waals surface area (Å²) in [6, 6.07) is 0. The van der Waals surface area contributed by atoms with Gasteiger partial charge in [-0.3, -0.25) is 14.3 Å². The van der Waals surface area contributed by atoms with Crippen LogP contribution in [-0.2, 0) is 6.54 Å². The van der Waals surface area contributed by atoms with Gasteiger partial charge in [0, 0.05) is 6.54 Å². The lowest BCUT2D eigenvalue weighted by Gasteiger charge is -2.04. The number of nitrogens with one attached hydrogen (secondary N) is 1. The predicted octanol–water partition coefficient (Wildman–Crippen LogP) is 1.47. The third-order valence-electron chi connectivity index (χ3n) is 2.07. The monoisotopic (exact) mass is 266 g/mol. The first-order valence-electron chi connectivity index (χ1n) is 4.75. The van der Waals surface area contributed by atoms with Crippen molar-refractivity contribution in [2.45, 2.75) is 19.4 Å². The predicted molar refractivity (Wildman–Crippen MR) is 63.9 cm³/mol. The Hall–Kier alpha value is -0.750. The average Bonchev–Trinajstić information content (AvgIpc) is 2.25. The molecule has 1 aromatic heterocycles. The van der Waals surface area contributed by atoms with Crippen LogP contribution in [-0.4, -0.2) is 21.6 Å². The minimum absolute atomic E-state index is 0.211. The Bertz CT molecular complexity index is 472. The van der Waals surface area contributed by atoms with Crippen LogP contribution in [0.1, 0.15) is 12.8 Å². The highest BCUT2D eigenvalue weighted by molar-refractivity contribution is 7.98. The first-order chi connectivity index (χ1) is 7.57. The highest BCUT2D eigenvalue weighted by Crippen LogP contribution is 2.03. The Morgan fingerprint density at radius 2 is 2.12 bits per heavy atom. The average molecular weight is 267 g/mol. The minimum atomic E-state index is -1.11. The summed E-state index contributed by atoms with van der Waals surface area (Å²) in [7, 11) is 0. The van der Waals surface area contributed by atoms with Crippen molar-refractivity contribution in [3.05, 3.63) is 31.8 Å². The van der Waals surface area contributed by atoms with Crippen molar-refractivity contribution in [2.75, 3.05) is 12.0 Å². The molecule has 0 aromatic carbocycles. The van der Waals surface area contributed by atoms with E-state index in [1.807, 2.05) is 6.26 Å². The molecular formula is C9H12ClFN2O2S. The molecule has 0 radical (unpaired) electrons. The topological polar surface area (TPSA) is 54.9 Å². The molecule has 7 heteroatoms. The number of nitrogens with zero attached hydrogens (tertiary/aromatic N) is 1. The molecule has 16 heavy (non-hydrogen) atoms. The van der Waals surface area contributed by atoms with Gasteiger partial charge in [-0.25, -0.2) is 4.79 Å². The summed E-state index contributed by atoms with van der Waals surface area (Å²) in [6.45, 7) is 0.211. The number of halogens is 2. The molecule has 1 heterocycles. The van der Waals surface area contributed by atoms with Crippen molar-refractivity contribution < 1.29 is 4.39 Å². The van der Waals surface area contributed by atoms with Gasteiger partial charge in [-0.1, -0.05) is 11.6 Å². The molecule has 4 nitrogen and oxygen atoms in total. The van der Waals surface area contributed by atoms with Crippen molar-refractivity contribution >= 4 is 23.4 Å². The van der Waals surface area contributed by atoms with E-state index in [4.69, 9.17) is 11.6 Å². The fraction of sp³-hybridized carbons (Fsp3) is 0.556. The minimum Gasteiger partial charge on any atom is -0.295 e. The lowest BCUT2D eigenvalue weighted by Crippen LogP contribution is -2.37. The second-order valence-corrected chi connectivity index (χ2v) is 4.58. The second kappa shape index (κ2) is 6.10. The van der Waals surface area contributed by atoms with Gasteiger partial charge in [0.05, 0.1) is 0 Å². The van der Waals surface area contributed by atoms with E-state index in [0.29, 0.717) is 6.42 Å². The third kappa shape index (κ3) is 3.12. The molecule has 1 aromatic rings. The molecule has 0 aliphatic carbocycles. The van der Waals surface area contributed by atoms with E-state index in [2.05, 4.69) is 4.98 Å². The van der Waals surface area contributed by atoms with Crippen molar-refractivity contribution in [2.24, 2.45) is 0 Å². The maximum absolute atomic E-state index is 13.1. The summed E-state index contributed by atoms with van der Waals surface area (Å²) in [4.78, 5) is 24.8. The van der Waals surface area contributed by atoms with Gasteiger partial charge in [0.1, 0.15) is 0 Å². The normalized spacial score (nSPS) is 10.7. The summed E-state index contributed by atoms with van der Waals surface area (Å²) in [6.07, 6.45) is 3.50. The van der Waals surface area contributed by atoms with E-state index in [1.165, 1.54) is 0 Å². The van der Waals surface area contributed by atoms with Gasteiger partial charge >= 0.3 is 5.69 Å². The van der Waals surface area contributed by atoms with E-state index in [9.17, 15) is 14.0 Å². The standard InChI is InChI=1S/C9H12ClFN2O2S/c1-16-5-3-2-4-13-8(14)6(11)7(10)12-9(13)15/h2-5H2,1H3,(H,12,15). The zero-order chi connectivity index (χ0) is 12.1. The zero-order valence-corrected chi connectivity index (χ0v) is 10.3. The molecule has 0 aliphatic heterocycles. The molecule has 0 unspecified atom stereocenters. The lowest BCUT2D eigenvalue weighted by atomic mass is 10.3. The van der Waals surface area contributed by atoms with Gasteiger partial charge < -0.3 is 0 Å². The van der Waals surface area contributed by atoms with Crippen LogP contribution in [0.15, 0.2) is 9.59 Å². The summed E-state index contributed by atoms with van der Waals surface area (Å²) >= 11 is 7.01. The van der Waals surface area contributed by atoms with Crippen LogP contribution >= 0.6 is 23.4 Å². The largest absolute Gasteiger partial charge is 0.329 e. The fourth-order valence-electron chi connectivity index (χ4n) is 1.24. The molecule has 90 valence electrons. The molecular weight excluding hydrogens is 255 g/mol. The number of aromatic amines is 1. The van der Waals surface area contributed by atoms with Crippen molar-refractivity contribution in [1.82, 2.24) is 9.55 Å². The van der Waals surface area contributed by atoms with Crippen molar-refractivity contribution in [3.8, 4) is 0 Å². The van der Waals surface area contributed by atoms with E-state index >= 15 is 0 Å². The van der Waals surface area contributed by atoms with Crippen LogP contribution in [0.25, 0.3) is 0 Å². The summed E-state index contributed by atoms with van der Waals surface area (Å²) < 4.78 is 13.9. The van der Waals surface area contributed by atoms with Gasteiger partial charge in [-0.15, -0.1) is 0 Å². The van der Waals surface area contributed by atoms with Gasteiger partial charge in [-0.05, 0) is 24.9 Å². The Morgan fingerprint density at radius 1 is 1.44 bits per heavy atom. The molecule has 0 saturated heterocycles. The maximum Gasteiger partial charge on any atom is 0.329 e. The SMILES string of the molecule is CSCCCCn1c(=O)[nH]c(Cl)c(F)c1=O. The maximum atomic E-state index is 13.1. The number of aromatic nitrogens is 2. The van der Waals surface area contributed by atoms with E-state index < -0.39 is 22.2 Å². The first-order valence-corrected chi connectivity index (χ1v) is 6.52. The molecule has 0 spiro atoms. The number of hydrogen-bond acceptors (Lipinski definition) is 3. The number of hydrogen-bond donors (Lipinski definition) is 1. The summed E-state index contributed by atoms with van der Waals surface area (Å²) in [5, 5.41) is -0.532. The van der Waals surface area contributed by atoms with Crippen LogP contribution in [0, 0.1) is 5.82 Å². The molecule has 0 atom stereocenters. The molecule has 0 bridgehead atoms. The van der Waals surface area contributed by atoms with E-state index in [1.54, 1.807) is 11.8 Å². The van der Waals surface area contributed by atoms with Crippen molar-refractivity contribution in [3.63, 3.8) is 0 Å². The number of rotatable bonds is 5. The smallest absolute Gasteiger partial charge is 0.295 e. The summed E-state index contributed by atoms with van der Waals surface area (Å²) in [5.41, 5.74) is -1.63. The molecule has 1 rings (SSSR count). The Labute approximate surface area is 101 Å². The summed E-state index contributed by atoms with van der Waals surface area (Å²) in [5.74, 6) is -0.158. The Morgan fingerprint density at radius 3 is 2.75 bits per heavy atom. The van der Waals surface area contributed by atoms with E-state index in [0.717, 1.165) is 16.7 Å². The van der Waals surface area contributed by atoms with Crippen LogP contribution < -0.4 is 11.2 Å².